The summed E-state index contributed by atoms with van der Waals surface area (Å²) >= 11 is 0. The zero-order valence-electron chi connectivity index (χ0n) is 22.1. The van der Waals surface area contributed by atoms with Crippen molar-refractivity contribution < 1.29 is 18.1 Å². The molecular formula is C26H36N6O5S. The standard InChI is InChI=1S/C26H36N6O5S/c1-18(2)30-13-9-20(10-14-30)28-23-8-7-21(17-24(23)32(34)35)38(36,37)29-26(33)22-6-4-5-19(3)25(22)31-15-11-27-12-16-31/h4-8,17-18,20,27-28H,9-16H2,1-3H3,(H,29,33). The molecule has 0 aliphatic carbocycles. The molecule has 38 heavy (non-hydrogen) atoms. The number of para-hydroxylation sites is 1. The van der Waals surface area contributed by atoms with Gasteiger partial charge in [-0.05, 0) is 57.4 Å². The second kappa shape index (κ2) is 11.7. The molecule has 2 aromatic rings. The van der Waals surface area contributed by atoms with Gasteiger partial charge in [-0.15, -0.1) is 0 Å². The third kappa shape index (κ3) is 6.25. The molecule has 3 N–H and O–H groups in total. The summed E-state index contributed by atoms with van der Waals surface area (Å²) in [5.74, 6) is -0.774. The SMILES string of the molecule is Cc1cccc(C(=O)NS(=O)(=O)c2ccc(NC3CCN(C(C)C)CC3)c([N+](=O)[O-])c2)c1N1CCNCC1. The summed E-state index contributed by atoms with van der Waals surface area (Å²) in [6.45, 7) is 10.8. The number of likely N-dealkylation sites (tertiary alicyclic amines) is 1. The van der Waals surface area contributed by atoms with Crippen molar-refractivity contribution in [3.8, 4) is 0 Å². The lowest BCUT2D eigenvalue weighted by molar-refractivity contribution is -0.384. The smallest absolute Gasteiger partial charge is 0.293 e. The molecule has 1 amide bonds. The van der Waals surface area contributed by atoms with Crippen LogP contribution in [-0.4, -0.2) is 75.5 Å². The van der Waals surface area contributed by atoms with Crippen LogP contribution < -0.4 is 20.3 Å². The molecule has 0 unspecified atom stereocenters. The van der Waals surface area contributed by atoms with E-state index in [1.54, 1.807) is 12.1 Å². The van der Waals surface area contributed by atoms with E-state index in [1.807, 2.05) is 13.0 Å². The maximum atomic E-state index is 13.2. The van der Waals surface area contributed by atoms with Crippen LogP contribution in [0.25, 0.3) is 0 Å². The molecule has 2 fully saturated rings. The lowest BCUT2D eigenvalue weighted by Crippen LogP contribution is -2.44. The summed E-state index contributed by atoms with van der Waals surface area (Å²) in [7, 11) is -4.36. The second-order valence-corrected chi connectivity index (χ2v) is 11.8. The molecule has 0 aromatic heterocycles. The summed E-state index contributed by atoms with van der Waals surface area (Å²) in [6.07, 6.45) is 1.66. The average Bonchev–Trinajstić information content (AvgIpc) is 2.89. The number of carbonyl (C=O) groups is 1. The van der Waals surface area contributed by atoms with E-state index in [2.05, 4.69) is 39.0 Å². The van der Waals surface area contributed by atoms with E-state index in [0.29, 0.717) is 24.8 Å². The predicted molar refractivity (Wildman–Crippen MR) is 147 cm³/mol. The van der Waals surface area contributed by atoms with Gasteiger partial charge in [0.2, 0.25) is 0 Å². The molecule has 2 aliphatic heterocycles. The molecule has 0 atom stereocenters. The monoisotopic (exact) mass is 544 g/mol. The minimum absolute atomic E-state index is 0.0515. The molecule has 0 bridgehead atoms. The van der Waals surface area contributed by atoms with E-state index in [-0.39, 0.29) is 27.9 Å². The van der Waals surface area contributed by atoms with Crippen molar-refractivity contribution >= 4 is 33.0 Å². The van der Waals surface area contributed by atoms with Gasteiger partial charge in [0.15, 0.2) is 0 Å². The number of benzene rings is 2. The number of piperidine rings is 1. The van der Waals surface area contributed by atoms with Gasteiger partial charge in [-0.2, -0.15) is 0 Å². The number of nitrogens with zero attached hydrogens (tertiary/aromatic N) is 3. The van der Waals surface area contributed by atoms with Gasteiger partial charge in [0.1, 0.15) is 5.69 Å². The van der Waals surface area contributed by atoms with E-state index < -0.39 is 20.9 Å². The maximum Gasteiger partial charge on any atom is 0.293 e. The molecule has 0 saturated carbocycles. The molecule has 12 heteroatoms. The number of nitrogens with one attached hydrogen (secondary N) is 3. The van der Waals surface area contributed by atoms with Crippen LogP contribution in [0.4, 0.5) is 17.1 Å². The second-order valence-electron chi connectivity index (χ2n) is 10.1. The van der Waals surface area contributed by atoms with E-state index in [0.717, 1.165) is 50.7 Å². The van der Waals surface area contributed by atoms with E-state index >= 15 is 0 Å². The number of aryl methyl sites for hydroxylation is 1. The molecule has 0 spiro atoms. The third-order valence-corrected chi connectivity index (χ3v) is 8.57. The highest BCUT2D eigenvalue weighted by molar-refractivity contribution is 7.90. The van der Waals surface area contributed by atoms with Crippen LogP contribution in [-0.2, 0) is 10.0 Å². The molecule has 4 rings (SSSR count). The van der Waals surface area contributed by atoms with Crippen LogP contribution in [0.15, 0.2) is 41.3 Å². The average molecular weight is 545 g/mol. The van der Waals surface area contributed by atoms with Crippen molar-refractivity contribution in [2.75, 3.05) is 49.5 Å². The lowest BCUT2D eigenvalue weighted by Gasteiger charge is -2.35. The Morgan fingerprint density at radius 2 is 1.79 bits per heavy atom. The van der Waals surface area contributed by atoms with E-state index in [4.69, 9.17) is 0 Å². The summed E-state index contributed by atoms with van der Waals surface area (Å²) in [5, 5.41) is 18.3. The number of sulfonamides is 1. The normalized spacial score (nSPS) is 17.4. The Kier molecular flexibility index (Phi) is 8.54. The number of rotatable bonds is 8. The number of carbonyl (C=O) groups excluding carboxylic acids is 1. The van der Waals surface area contributed by atoms with Crippen molar-refractivity contribution in [3.63, 3.8) is 0 Å². The van der Waals surface area contributed by atoms with E-state index in [1.165, 1.54) is 12.1 Å². The predicted octanol–water partition coefficient (Wildman–Crippen LogP) is 2.72. The number of anilines is 2. The molecular weight excluding hydrogens is 508 g/mol. The van der Waals surface area contributed by atoms with E-state index in [9.17, 15) is 23.3 Å². The first kappa shape index (κ1) is 27.8. The fourth-order valence-electron chi connectivity index (χ4n) is 5.12. The van der Waals surface area contributed by atoms with Gasteiger partial charge < -0.3 is 20.4 Å². The summed E-state index contributed by atoms with van der Waals surface area (Å²) < 4.78 is 28.4. The Hall–Kier alpha value is -3.22. The summed E-state index contributed by atoms with van der Waals surface area (Å²) in [4.78, 5) is 28.5. The Bertz CT molecular complexity index is 1290. The molecule has 2 aliphatic rings. The van der Waals surface area contributed by atoms with Gasteiger partial charge in [-0.1, -0.05) is 12.1 Å². The Morgan fingerprint density at radius 1 is 1.11 bits per heavy atom. The fraction of sp³-hybridized carbons (Fsp3) is 0.500. The van der Waals surface area contributed by atoms with Gasteiger partial charge in [0.25, 0.3) is 21.6 Å². The summed E-state index contributed by atoms with van der Waals surface area (Å²) in [5.41, 5.74) is 1.72. The third-order valence-electron chi connectivity index (χ3n) is 7.24. The molecule has 0 radical (unpaired) electrons. The number of amides is 1. The molecule has 11 nitrogen and oxygen atoms in total. The van der Waals surface area contributed by atoms with Crippen LogP contribution in [0.5, 0.6) is 0 Å². The molecule has 206 valence electrons. The number of nitro groups is 1. The zero-order valence-corrected chi connectivity index (χ0v) is 22.9. The van der Waals surface area contributed by atoms with Gasteiger partial charge >= 0.3 is 0 Å². The molecule has 2 heterocycles. The molecule has 2 aromatic carbocycles. The van der Waals surface area contributed by atoms with Gasteiger partial charge in [-0.25, -0.2) is 13.1 Å². The Morgan fingerprint density at radius 3 is 2.42 bits per heavy atom. The number of hydrogen-bond donors (Lipinski definition) is 3. The fourth-order valence-corrected chi connectivity index (χ4v) is 6.10. The largest absolute Gasteiger partial charge is 0.377 e. The van der Waals surface area contributed by atoms with Crippen LogP contribution in [0.1, 0.15) is 42.6 Å². The number of nitro benzene ring substituents is 1. The zero-order chi connectivity index (χ0) is 27.4. The van der Waals surface area contributed by atoms with Crippen LogP contribution in [0.2, 0.25) is 0 Å². The van der Waals surface area contributed by atoms with Crippen molar-refractivity contribution in [2.45, 2.75) is 50.6 Å². The Labute approximate surface area is 223 Å². The highest BCUT2D eigenvalue weighted by atomic mass is 32.2. The minimum atomic E-state index is -4.36. The minimum Gasteiger partial charge on any atom is -0.377 e. The van der Waals surface area contributed by atoms with Gasteiger partial charge in [0.05, 0.1) is 21.1 Å². The highest BCUT2D eigenvalue weighted by Crippen LogP contribution is 2.31. The molecule has 2 saturated heterocycles. The number of piperazine rings is 1. The summed E-state index contributed by atoms with van der Waals surface area (Å²) in [6, 6.07) is 9.38. The van der Waals surface area contributed by atoms with Crippen LogP contribution in [0, 0.1) is 17.0 Å². The first-order valence-corrected chi connectivity index (χ1v) is 14.5. The lowest BCUT2D eigenvalue weighted by atomic mass is 10.0. The van der Waals surface area contributed by atoms with Crippen molar-refractivity contribution in [3.05, 3.63) is 57.6 Å². The van der Waals surface area contributed by atoms with Crippen LogP contribution in [0.3, 0.4) is 0 Å². The van der Waals surface area contributed by atoms with Crippen molar-refractivity contribution in [2.24, 2.45) is 0 Å². The highest BCUT2D eigenvalue weighted by Gasteiger charge is 2.28. The first-order valence-electron chi connectivity index (χ1n) is 13.0. The topological polar surface area (TPSA) is 137 Å². The van der Waals surface area contributed by atoms with Gasteiger partial charge in [0, 0.05) is 57.4 Å². The van der Waals surface area contributed by atoms with Crippen LogP contribution >= 0.6 is 0 Å². The number of hydrogen-bond acceptors (Lipinski definition) is 9. The van der Waals surface area contributed by atoms with Gasteiger partial charge in [-0.3, -0.25) is 14.9 Å². The van der Waals surface area contributed by atoms with Crippen molar-refractivity contribution in [1.82, 2.24) is 14.9 Å². The maximum absolute atomic E-state index is 13.2. The Balaban J connectivity index is 1.53. The first-order chi connectivity index (χ1) is 18.1. The van der Waals surface area contributed by atoms with Crippen molar-refractivity contribution in [1.29, 1.82) is 0 Å². The quantitative estimate of drug-likeness (QED) is 0.338.